The number of carboxylic acid groups (broad SMARTS) is 1. The van der Waals surface area contributed by atoms with Crippen LogP contribution in [0.25, 0.3) is 0 Å². The molecule has 1 saturated carbocycles. The molecule has 1 aliphatic rings. The molecule has 0 bridgehead atoms. The molecule has 3 aromatic rings. The average Bonchev–Trinajstić information content (AvgIpc) is 3.17. The van der Waals surface area contributed by atoms with Gasteiger partial charge < -0.3 is 20.1 Å². The van der Waals surface area contributed by atoms with E-state index in [1.807, 2.05) is 36.4 Å². The highest BCUT2D eigenvalue weighted by molar-refractivity contribution is 6.30. The topological polar surface area (TPSA) is 95.2 Å². The Morgan fingerprint density at radius 1 is 1.11 bits per heavy atom. The van der Waals surface area contributed by atoms with Gasteiger partial charge in [0.15, 0.2) is 11.8 Å². The van der Waals surface area contributed by atoms with Gasteiger partial charge in [0.1, 0.15) is 12.4 Å². The molecule has 4 rings (SSSR count). The summed E-state index contributed by atoms with van der Waals surface area (Å²) in [5.41, 5.74) is 3.12. The lowest BCUT2D eigenvalue weighted by atomic mass is 9.84. The van der Waals surface area contributed by atoms with Crippen molar-refractivity contribution in [2.75, 3.05) is 13.2 Å². The summed E-state index contributed by atoms with van der Waals surface area (Å²) in [6.07, 6.45) is 4.39. The zero-order chi connectivity index (χ0) is 26.4. The van der Waals surface area contributed by atoms with Crippen LogP contribution in [0.2, 0.25) is 5.02 Å². The molecule has 1 atom stereocenters. The monoisotopic (exact) mass is 526 g/mol. The lowest BCUT2D eigenvalue weighted by molar-refractivity contribution is -0.138. The van der Waals surface area contributed by atoms with Crippen LogP contribution in [0.1, 0.15) is 55.3 Å². The lowest BCUT2D eigenvalue weighted by Gasteiger charge is -2.37. The fourth-order valence-corrected chi connectivity index (χ4v) is 5.05. The van der Waals surface area contributed by atoms with Crippen LogP contribution in [0.15, 0.2) is 54.6 Å². The Hall–Kier alpha value is -3.16. The molecule has 8 heteroatoms. The van der Waals surface area contributed by atoms with Gasteiger partial charge in [0, 0.05) is 36.3 Å². The van der Waals surface area contributed by atoms with Crippen molar-refractivity contribution in [3.05, 3.63) is 76.3 Å². The van der Waals surface area contributed by atoms with Crippen molar-refractivity contribution in [2.24, 2.45) is 5.92 Å². The number of halogens is 1. The number of nitrogens with zero attached hydrogens (tertiary/aromatic N) is 2. The summed E-state index contributed by atoms with van der Waals surface area (Å²) in [5, 5.41) is 30.0. The molecule has 2 aromatic carbocycles. The zero-order valence-corrected chi connectivity index (χ0v) is 21.9. The van der Waals surface area contributed by atoms with E-state index in [2.05, 4.69) is 17.9 Å². The molecule has 37 heavy (non-hydrogen) atoms. The number of ether oxygens (including phenoxy) is 1. The predicted octanol–water partition coefficient (Wildman–Crippen LogP) is 6.01. The summed E-state index contributed by atoms with van der Waals surface area (Å²) >= 11 is 6.11. The third kappa shape index (κ3) is 6.99. The van der Waals surface area contributed by atoms with Crippen molar-refractivity contribution < 1.29 is 24.9 Å². The summed E-state index contributed by atoms with van der Waals surface area (Å²) in [7, 11) is 0. The Morgan fingerprint density at radius 2 is 1.81 bits per heavy atom. The fraction of sp³-hybridized carbons (Fsp3) is 0.414. The second-order valence-corrected chi connectivity index (χ2v) is 10.2. The van der Waals surface area contributed by atoms with Crippen LogP contribution >= 0.6 is 11.6 Å². The molecular weight excluding hydrogens is 492 g/mol. The summed E-state index contributed by atoms with van der Waals surface area (Å²) < 4.78 is 7.38. The minimum atomic E-state index is -0.823. The molecule has 1 unspecified atom stereocenters. The average molecular weight is 527 g/mol. The molecular formula is C29H35ClN2O5. The maximum absolute atomic E-state index is 11.8. The third-order valence-electron chi connectivity index (χ3n) is 7.18. The quantitative estimate of drug-likeness (QED) is 0.252. The zero-order valence-electron chi connectivity index (χ0n) is 21.1. The highest BCUT2D eigenvalue weighted by atomic mass is 35.5. The Kier molecular flexibility index (Phi) is 9.00. The summed E-state index contributed by atoms with van der Waals surface area (Å²) in [6, 6.07) is 16.3. The lowest BCUT2D eigenvalue weighted by Crippen LogP contribution is -2.36. The summed E-state index contributed by atoms with van der Waals surface area (Å²) in [4.78, 5) is 14.1. The second-order valence-electron chi connectivity index (χ2n) is 9.74. The van der Waals surface area contributed by atoms with Gasteiger partial charge in [-0.3, -0.25) is 14.3 Å². The number of hydrogen-bond donors (Lipinski definition) is 3. The van der Waals surface area contributed by atoms with E-state index in [-0.39, 0.29) is 24.2 Å². The Labute approximate surface area is 222 Å². The normalized spacial score (nSPS) is 14.5. The van der Waals surface area contributed by atoms with E-state index in [9.17, 15) is 20.1 Å². The number of aromatic hydroxyl groups is 2. The number of carbonyl (C=O) groups is 1. The SMILES string of the molecule is CCc1cc(CN(CC2CCC2)C(CC(=O)O)c2ccc(Cl)cc2)ccc1OCCn1c(O)ccc1O. The molecule has 0 aliphatic heterocycles. The van der Waals surface area contributed by atoms with Gasteiger partial charge in [0.05, 0.1) is 13.0 Å². The van der Waals surface area contributed by atoms with Crippen LogP contribution < -0.4 is 4.74 Å². The maximum atomic E-state index is 11.8. The molecule has 0 spiro atoms. The van der Waals surface area contributed by atoms with Crippen molar-refractivity contribution in [1.82, 2.24) is 9.47 Å². The molecule has 0 amide bonds. The van der Waals surface area contributed by atoms with Crippen LogP contribution in [0.3, 0.4) is 0 Å². The van der Waals surface area contributed by atoms with Crippen molar-refractivity contribution >= 4 is 17.6 Å². The van der Waals surface area contributed by atoms with Crippen molar-refractivity contribution in [3.63, 3.8) is 0 Å². The van der Waals surface area contributed by atoms with Crippen LogP contribution in [-0.4, -0.2) is 43.9 Å². The molecule has 7 nitrogen and oxygen atoms in total. The van der Waals surface area contributed by atoms with Gasteiger partial charge in [-0.05, 0) is 60.1 Å². The highest BCUT2D eigenvalue weighted by Crippen LogP contribution is 2.34. The molecule has 1 heterocycles. The summed E-state index contributed by atoms with van der Waals surface area (Å²) in [5.74, 6) is 0.517. The van der Waals surface area contributed by atoms with E-state index < -0.39 is 5.97 Å². The first-order chi connectivity index (χ1) is 17.8. The Morgan fingerprint density at radius 3 is 2.41 bits per heavy atom. The number of aryl methyl sites for hydroxylation is 1. The Bertz CT molecular complexity index is 1170. The van der Waals surface area contributed by atoms with Gasteiger partial charge in [-0.25, -0.2) is 0 Å². The van der Waals surface area contributed by atoms with Crippen molar-refractivity contribution in [3.8, 4) is 17.5 Å². The van der Waals surface area contributed by atoms with Crippen LogP contribution in [0, 0.1) is 5.92 Å². The first kappa shape index (κ1) is 26.9. The Balaban J connectivity index is 1.51. The van der Waals surface area contributed by atoms with Gasteiger partial charge in [-0.2, -0.15) is 0 Å². The van der Waals surface area contributed by atoms with E-state index in [4.69, 9.17) is 16.3 Å². The molecule has 198 valence electrons. The van der Waals surface area contributed by atoms with Gasteiger partial charge >= 0.3 is 5.97 Å². The smallest absolute Gasteiger partial charge is 0.305 e. The van der Waals surface area contributed by atoms with Crippen LogP contribution in [0.4, 0.5) is 0 Å². The molecule has 3 N–H and O–H groups in total. The highest BCUT2D eigenvalue weighted by Gasteiger charge is 2.28. The van der Waals surface area contributed by atoms with E-state index in [1.165, 1.54) is 36.0 Å². The minimum absolute atomic E-state index is 0.00433. The van der Waals surface area contributed by atoms with Gasteiger partial charge in [0.2, 0.25) is 0 Å². The van der Waals surface area contributed by atoms with Crippen LogP contribution in [0.5, 0.6) is 17.5 Å². The van der Waals surface area contributed by atoms with E-state index in [1.54, 1.807) is 0 Å². The van der Waals surface area contributed by atoms with Gasteiger partial charge in [-0.15, -0.1) is 0 Å². The number of aliphatic carboxylic acids is 1. The number of carboxylic acids is 1. The minimum Gasteiger partial charge on any atom is -0.494 e. The van der Waals surface area contributed by atoms with E-state index >= 15 is 0 Å². The third-order valence-corrected chi connectivity index (χ3v) is 7.43. The van der Waals surface area contributed by atoms with Crippen molar-refractivity contribution in [2.45, 2.75) is 58.2 Å². The molecule has 1 aromatic heterocycles. The van der Waals surface area contributed by atoms with Gasteiger partial charge in [0.25, 0.3) is 0 Å². The molecule has 1 aliphatic carbocycles. The number of hydrogen-bond acceptors (Lipinski definition) is 5. The first-order valence-electron chi connectivity index (χ1n) is 12.9. The van der Waals surface area contributed by atoms with E-state index in [0.717, 1.165) is 35.4 Å². The van der Waals surface area contributed by atoms with Crippen LogP contribution in [-0.2, 0) is 24.3 Å². The van der Waals surface area contributed by atoms with Crippen molar-refractivity contribution in [1.29, 1.82) is 0 Å². The maximum Gasteiger partial charge on any atom is 0.305 e. The molecule has 0 radical (unpaired) electrons. The number of benzene rings is 2. The first-order valence-corrected chi connectivity index (χ1v) is 13.2. The van der Waals surface area contributed by atoms with Gasteiger partial charge in [-0.1, -0.05) is 49.2 Å². The standard InChI is InChI=1S/C29H35ClN2O5/c1-2-22-16-21(6-11-26(22)37-15-14-32-27(33)12-13-28(32)34)19-31(18-20-4-3-5-20)25(17-29(35)36)23-7-9-24(30)10-8-23/h6-13,16,20,25,33-34H,2-5,14-15,17-19H2,1H3,(H,35,36). The van der Waals surface area contributed by atoms with E-state index in [0.29, 0.717) is 30.6 Å². The fourth-order valence-electron chi connectivity index (χ4n) is 4.92. The largest absolute Gasteiger partial charge is 0.494 e. The second kappa shape index (κ2) is 12.4. The number of rotatable bonds is 13. The summed E-state index contributed by atoms with van der Waals surface area (Å²) in [6.45, 7) is 4.18. The molecule has 0 saturated heterocycles. The predicted molar refractivity (Wildman–Crippen MR) is 143 cm³/mol. The number of aromatic nitrogens is 1. The molecule has 1 fully saturated rings.